The minimum absolute atomic E-state index is 0. The number of rotatable bonds is 6. The summed E-state index contributed by atoms with van der Waals surface area (Å²) >= 11 is 1.92. The Balaban J connectivity index is 0.00000280. The van der Waals surface area contributed by atoms with Gasteiger partial charge in [0.2, 0.25) is 0 Å². The summed E-state index contributed by atoms with van der Waals surface area (Å²) in [6.45, 7) is 2.52. The van der Waals surface area contributed by atoms with E-state index in [1.807, 2.05) is 17.8 Å². The van der Waals surface area contributed by atoms with E-state index in [4.69, 9.17) is 4.74 Å². The number of nitrogens with zero attached hydrogens (tertiary/aromatic N) is 2. The van der Waals surface area contributed by atoms with E-state index < -0.39 is 0 Å². The highest BCUT2D eigenvalue weighted by molar-refractivity contribution is 14.0. The topological polar surface area (TPSA) is 57.1 Å². The van der Waals surface area contributed by atoms with Crippen LogP contribution in [0.25, 0.3) is 0 Å². The van der Waals surface area contributed by atoms with Crippen molar-refractivity contribution in [2.75, 3.05) is 33.0 Å². The molecule has 0 bridgehead atoms. The number of nitrogens with one attached hydrogen (secondary N) is 1. The third kappa shape index (κ3) is 6.20. The zero-order valence-corrected chi connectivity index (χ0v) is 19.4. The van der Waals surface area contributed by atoms with Crippen LogP contribution >= 0.6 is 35.7 Å². The highest BCUT2D eigenvalue weighted by Gasteiger charge is 2.25. The molecule has 3 rings (SSSR count). The van der Waals surface area contributed by atoms with Gasteiger partial charge in [0.05, 0.1) is 7.11 Å². The smallest absolute Gasteiger partial charge is 0.193 e. The summed E-state index contributed by atoms with van der Waals surface area (Å²) in [7, 11) is 3.43. The van der Waals surface area contributed by atoms with Gasteiger partial charge in [0.1, 0.15) is 11.5 Å². The summed E-state index contributed by atoms with van der Waals surface area (Å²) in [5.41, 5.74) is 0.797. The maximum atomic E-state index is 10.0. The van der Waals surface area contributed by atoms with Crippen molar-refractivity contribution in [2.45, 2.75) is 17.9 Å². The number of aromatic hydroxyl groups is 1. The second kappa shape index (κ2) is 11.4. The molecule has 1 heterocycles. The maximum absolute atomic E-state index is 10.0. The van der Waals surface area contributed by atoms with Gasteiger partial charge in [-0.25, -0.2) is 0 Å². The molecule has 0 aliphatic carbocycles. The van der Waals surface area contributed by atoms with Gasteiger partial charge in [0, 0.05) is 42.9 Å². The average molecular weight is 513 g/mol. The van der Waals surface area contributed by atoms with Gasteiger partial charge in [-0.2, -0.15) is 0 Å². The fraction of sp³-hybridized carbons (Fsp3) is 0.381. The predicted octanol–water partition coefficient (Wildman–Crippen LogP) is 4.21. The molecule has 5 nitrogen and oxygen atoms in total. The number of hydrogen-bond donors (Lipinski definition) is 2. The lowest BCUT2D eigenvalue weighted by atomic mass is 10.2. The SMILES string of the molecule is CN=C(NCc1cc(OC)ccc1O)N1CCC(CSc2ccccc2)C1.I. The van der Waals surface area contributed by atoms with Crippen LogP contribution in [-0.2, 0) is 6.54 Å². The van der Waals surface area contributed by atoms with Gasteiger partial charge in [0.25, 0.3) is 0 Å². The minimum Gasteiger partial charge on any atom is -0.508 e. The molecule has 1 aliphatic rings. The van der Waals surface area contributed by atoms with Crippen LogP contribution in [0.1, 0.15) is 12.0 Å². The van der Waals surface area contributed by atoms with E-state index in [1.165, 1.54) is 11.3 Å². The Morgan fingerprint density at radius 3 is 2.79 bits per heavy atom. The first kappa shape index (κ1) is 22.7. The Bertz CT molecular complexity index is 774. The number of aliphatic imine (C=N–C) groups is 1. The number of phenols is 1. The molecule has 2 aromatic carbocycles. The van der Waals surface area contributed by atoms with E-state index in [-0.39, 0.29) is 29.7 Å². The molecule has 0 amide bonds. The van der Waals surface area contributed by atoms with Crippen molar-refractivity contribution in [3.8, 4) is 11.5 Å². The van der Waals surface area contributed by atoms with Crippen molar-refractivity contribution in [1.29, 1.82) is 0 Å². The molecule has 1 unspecified atom stereocenters. The number of methoxy groups -OCH3 is 1. The molecule has 0 saturated carbocycles. The summed E-state index contributed by atoms with van der Waals surface area (Å²) in [6.07, 6.45) is 1.17. The van der Waals surface area contributed by atoms with Crippen molar-refractivity contribution in [3.63, 3.8) is 0 Å². The van der Waals surface area contributed by atoms with Crippen LogP contribution in [0, 0.1) is 5.92 Å². The second-order valence-corrected chi connectivity index (χ2v) is 7.71. The minimum atomic E-state index is 0. The monoisotopic (exact) mass is 513 g/mol. The van der Waals surface area contributed by atoms with Gasteiger partial charge in [-0.15, -0.1) is 35.7 Å². The lowest BCUT2D eigenvalue weighted by Gasteiger charge is -2.22. The molecular formula is C21H28IN3O2S. The third-order valence-electron chi connectivity index (χ3n) is 4.75. The quantitative estimate of drug-likeness (QED) is 0.263. The van der Waals surface area contributed by atoms with Crippen molar-refractivity contribution in [3.05, 3.63) is 54.1 Å². The maximum Gasteiger partial charge on any atom is 0.193 e. The van der Waals surface area contributed by atoms with E-state index in [1.54, 1.807) is 26.3 Å². The Labute approximate surface area is 188 Å². The molecule has 1 aliphatic heterocycles. The Morgan fingerprint density at radius 1 is 1.29 bits per heavy atom. The number of hydrogen-bond acceptors (Lipinski definition) is 4. The molecular weight excluding hydrogens is 485 g/mol. The number of ether oxygens (including phenoxy) is 1. The molecule has 2 N–H and O–H groups in total. The first-order valence-corrected chi connectivity index (χ1v) is 10.2. The average Bonchev–Trinajstić information content (AvgIpc) is 3.18. The number of halogens is 1. The predicted molar refractivity (Wildman–Crippen MR) is 127 cm³/mol. The number of phenolic OH excluding ortho intramolecular Hbond substituents is 1. The summed E-state index contributed by atoms with van der Waals surface area (Å²) < 4.78 is 5.24. The fourth-order valence-electron chi connectivity index (χ4n) is 3.23. The van der Waals surface area contributed by atoms with Gasteiger partial charge < -0.3 is 20.1 Å². The molecule has 0 radical (unpaired) electrons. The highest BCUT2D eigenvalue weighted by Crippen LogP contribution is 2.26. The lowest BCUT2D eigenvalue weighted by Crippen LogP contribution is -2.39. The van der Waals surface area contributed by atoms with Crippen molar-refractivity contribution >= 4 is 41.7 Å². The number of thioether (sulfide) groups is 1. The van der Waals surface area contributed by atoms with E-state index in [9.17, 15) is 5.11 Å². The molecule has 152 valence electrons. The summed E-state index contributed by atoms with van der Waals surface area (Å²) in [6, 6.07) is 15.8. The molecule has 1 fully saturated rings. The van der Waals surface area contributed by atoms with E-state index in [0.29, 0.717) is 12.5 Å². The summed E-state index contributed by atoms with van der Waals surface area (Å²) in [4.78, 5) is 8.05. The van der Waals surface area contributed by atoms with Gasteiger partial charge in [0.15, 0.2) is 5.96 Å². The largest absolute Gasteiger partial charge is 0.508 e. The number of guanidine groups is 1. The molecule has 1 atom stereocenters. The second-order valence-electron chi connectivity index (χ2n) is 6.62. The van der Waals surface area contributed by atoms with Crippen LogP contribution in [0.2, 0.25) is 0 Å². The van der Waals surface area contributed by atoms with Gasteiger partial charge in [-0.05, 0) is 42.7 Å². The van der Waals surface area contributed by atoms with E-state index >= 15 is 0 Å². The van der Waals surface area contributed by atoms with Crippen LogP contribution < -0.4 is 10.1 Å². The third-order valence-corrected chi connectivity index (χ3v) is 5.99. The van der Waals surface area contributed by atoms with Gasteiger partial charge in [-0.1, -0.05) is 18.2 Å². The highest BCUT2D eigenvalue weighted by atomic mass is 127. The van der Waals surface area contributed by atoms with Crippen LogP contribution in [-0.4, -0.2) is 49.0 Å². The molecule has 2 aromatic rings. The van der Waals surface area contributed by atoms with Crippen molar-refractivity contribution in [2.24, 2.45) is 10.9 Å². The fourth-order valence-corrected chi connectivity index (χ4v) is 4.28. The zero-order chi connectivity index (χ0) is 19.1. The van der Waals surface area contributed by atoms with E-state index in [2.05, 4.69) is 45.5 Å². The molecule has 7 heteroatoms. The summed E-state index contributed by atoms with van der Waals surface area (Å²) in [5, 5.41) is 13.4. The van der Waals surface area contributed by atoms with Gasteiger partial charge >= 0.3 is 0 Å². The molecule has 0 aromatic heterocycles. The lowest BCUT2D eigenvalue weighted by molar-refractivity contribution is 0.410. The van der Waals surface area contributed by atoms with Gasteiger partial charge in [-0.3, -0.25) is 4.99 Å². The molecule has 28 heavy (non-hydrogen) atoms. The van der Waals surface area contributed by atoms with Crippen molar-refractivity contribution < 1.29 is 9.84 Å². The Morgan fingerprint density at radius 2 is 2.07 bits per heavy atom. The Kier molecular flexibility index (Phi) is 9.24. The van der Waals surface area contributed by atoms with Crippen molar-refractivity contribution in [1.82, 2.24) is 10.2 Å². The van der Waals surface area contributed by atoms with E-state index in [0.717, 1.165) is 36.1 Å². The summed E-state index contributed by atoms with van der Waals surface area (Å²) in [5.74, 6) is 3.65. The van der Waals surface area contributed by atoms with Crippen LogP contribution in [0.4, 0.5) is 0 Å². The van der Waals surface area contributed by atoms with Crippen LogP contribution in [0.15, 0.2) is 58.4 Å². The number of likely N-dealkylation sites (tertiary alicyclic amines) is 1. The molecule has 1 saturated heterocycles. The standard InChI is InChI=1S/C21H27N3O2S.HI/c1-22-21(23-13-17-12-18(26-2)8-9-20(17)25)24-11-10-16(14-24)15-27-19-6-4-3-5-7-19;/h3-9,12,16,25H,10-11,13-15H2,1-2H3,(H,22,23);1H. The first-order chi connectivity index (χ1) is 13.2. The number of benzene rings is 2. The Hall–Kier alpha value is -1.61. The first-order valence-electron chi connectivity index (χ1n) is 9.19. The molecule has 0 spiro atoms. The van der Waals surface area contributed by atoms with Crippen LogP contribution in [0.5, 0.6) is 11.5 Å². The normalized spacial score (nSPS) is 16.6. The van der Waals surface area contributed by atoms with Crippen LogP contribution in [0.3, 0.4) is 0 Å². The zero-order valence-electron chi connectivity index (χ0n) is 16.3.